The van der Waals surface area contributed by atoms with Gasteiger partial charge in [0.25, 0.3) is 0 Å². The van der Waals surface area contributed by atoms with Gasteiger partial charge in [-0.15, -0.1) is 0 Å². The van der Waals surface area contributed by atoms with Crippen molar-refractivity contribution in [3.63, 3.8) is 0 Å². The van der Waals surface area contributed by atoms with Crippen molar-refractivity contribution in [2.75, 3.05) is 0 Å². The fourth-order valence-corrected chi connectivity index (χ4v) is 3.10. The summed E-state index contributed by atoms with van der Waals surface area (Å²) in [5.41, 5.74) is 6.75. The summed E-state index contributed by atoms with van der Waals surface area (Å²) in [6.07, 6.45) is 2.96. The Hall–Kier alpha value is -1.20. The van der Waals surface area contributed by atoms with E-state index in [4.69, 9.17) is 5.73 Å². The maximum atomic E-state index is 12.5. The summed E-state index contributed by atoms with van der Waals surface area (Å²) in [7, 11) is 0. The first kappa shape index (κ1) is 15.2. The summed E-state index contributed by atoms with van der Waals surface area (Å²) in [6.45, 7) is 0. The van der Waals surface area contributed by atoms with E-state index in [1.54, 1.807) is 12.1 Å². The molecule has 0 aliphatic heterocycles. The van der Waals surface area contributed by atoms with E-state index in [9.17, 15) is 14.7 Å². The molecular weight excluding hydrogens is 322 g/mol. The Labute approximate surface area is 126 Å². The van der Waals surface area contributed by atoms with Crippen molar-refractivity contribution in [1.82, 2.24) is 0 Å². The van der Waals surface area contributed by atoms with Gasteiger partial charge in [0.15, 0.2) is 5.78 Å². The highest BCUT2D eigenvalue weighted by atomic mass is 79.9. The second-order valence-corrected chi connectivity index (χ2v) is 6.18. The quantitative estimate of drug-likeness (QED) is 0.883. The Kier molecular flexibility index (Phi) is 4.94. The number of aliphatic carboxylic acids is 1. The lowest BCUT2D eigenvalue weighted by Crippen LogP contribution is -2.37. The molecule has 0 heterocycles. The molecule has 1 aromatic rings. The van der Waals surface area contributed by atoms with Crippen LogP contribution in [-0.2, 0) is 9.59 Å². The molecule has 1 aliphatic carbocycles. The fourth-order valence-electron chi connectivity index (χ4n) is 2.83. The van der Waals surface area contributed by atoms with E-state index in [2.05, 4.69) is 15.9 Å². The Balaban J connectivity index is 2.16. The molecule has 108 valence electrons. The third kappa shape index (κ3) is 3.27. The molecule has 0 amide bonds. The maximum Gasteiger partial charge on any atom is 0.307 e. The highest BCUT2D eigenvalue weighted by molar-refractivity contribution is 9.10. The number of carboxylic acid groups (broad SMARTS) is 1. The number of hydrogen-bond donors (Lipinski definition) is 2. The topological polar surface area (TPSA) is 80.4 Å². The second-order valence-electron chi connectivity index (χ2n) is 5.27. The van der Waals surface area contributed by atoms with Crippen LogP contribution in [0.25, 0.3) is 0 Å². The molecular formula is C15H18BrNO3. The van der Waals surface area contributed by atoms with E-state index in [0.717, 1.165) is 22.9 Å². The van der Waals surface area contributed by atoms with Crippen LogP contribution in [0.15, 0.2) is 28.7 Å². The third-order valence-corrected chi connectivity index (χ3v) is 4.51. The van der Waals surface area contributed by atoms with Crippen LogP contribution >= 0.6 is 15.9 Å². The number of carbonyl (C=O) groups excluding carboxylic acids is 1. The zero-order chi connectivity index (χ0) is 14.7. The highest BCUT2D eigenvalue weighted by Crippen LogP contribution is 2.33. The minimum atomic E-state index is -0.883. The number of benzene rings is 1. The van der Waals surface area contributed by atoms with Crippen LogP contribution in [0.2, 0.25) is 0 Å². The largest absolute Gasteiger partial charge is 0.481 e. The zero-order valence-electron chi connectivity index (χ0n) is 11.1. The normalized spacial score (nSPS) is 24.1. The molecule has 3 atom stereocenters. The summed E-state index contributed by atoms with van der Waals surface area (Å²) in [6, 6.07) is 6.51. The van der Waals surface area contributed by atoms with Gasteiger partial charge in [-0.05, 0) is 30.5 Å². The molecule has 0 aromatic heterocycles. The maximum absolute atomic E-state index is 12.5. The van der Waals surface area contributed by atoms with Gasteiger partial charge in [-0.3, -0.25) is 9.59 Å². The van der Waals surface area contributed by atoms with Crippen molar-refractivity contribution in [2.24, 2.45) is 17.6 Å². The fraction of sp³-hybridized carbons (Fsp3) is 0.467. The second kappa shape index (κ2) is 6.50. The molecule has 4 nitrogen and oxygen atoms in total. The highest BCUT2D eigenvalue weighted by Gasteiger charge is 2.37. The first-order chi connectivity index (χ1) is 9.50. The van der Waals surface area contributed by atoms with Crippen LogP contribution in [0.4, 0.5) is 0 Å². The first-order valence-electron chi connectivity index (χ1n) is 6.78. The van der Waals surface area contributed by atoms with Crippen molar-refractivity contribution in [1.29, 1.82) is 0 Å². The molecule has 20 heavy (non-hydrogen) atoms. The van der Waals surface area contributed by atoms with Crippen molar-refractivity contribution in [3.8, 4) is 0 Å². The van der Waals surface area contributed by atoms with E-state index < -0.39 is 23.8 Å². The summed E-state index contributed by atoms with van der Waals surface area (Å²) >= 11 is 3.33. The van der Waals surface area contributed by atoms with Crippen LogP contribution < -0.4 is 5.73 Å². The van der Waals surface area contributed by atoms with Crippen LogP contribution in [0.1, 0.15) is 37.3 Å². The Morgan fingerprint density at radius 2 is 1.70 bits per heavy atom. The van der Waals surface area contributed by atoms with Gasteiger partial charge in [0.2, 0.25) is 0 Å². The van der Waals surface area contributed by atoms with Crippen LogP contribution in [0.5, 0.6) is 0 Å². The van der Waals surface area contributed by atoms with Gasteiger partial charge in [0.05, 0.1) is 12.0 Å². The number of halogens is 1. The number of rotatable bonds is 4. The van der Waals surface area contributed by atoms with Gasteiger partial charge in [0, 0.05) is 10.4 Å². The number of carboxylic acids is 1. The minimum absolute atomic E-state index is 0.153. The van der Waals surface area contributed by atoms with Gasteiger partial charge in [-0.1, -0.05) is 40.9 Å². The lowest BCUT2D eigenvalue weighted by molar-refractivity contribution is -0.148. The molecule has 1 fully saturated rings. The number of carbonyl (C=O) groups is 2. The standard InChI is InChI=1S/C15H18BrNO3/c16-10-7-5-9(6-8-10)13(17)14(18)11-3-1-2-4-12(11)15(19)20/h5-8,11-13H,1-4,17H2,(H,19,20). The SMILES string of the molecule is NC(C(=O)C1CCCCC1C(=O)O)c1ccc(Br)cc1. The molecule has 0 radical (unpaired) electrons. The van der Waals surface area contributed by atoms with Crippen molar-refractivity contribution in [2.45, 2.75) is 31.7 Å². The Morgan fingerprint density at radius 3 is 2.25 bits per heavy atom. The van der Waals surface area contributed by atoms with Gasteiger partial charge in [0.1, 0.15) is 0 Å². The van der Waals surface area contributed by atoms with E-state index in [1.807, 2.05) is 12.1 Å². The van der Waals surface area contributed by atoms with E-state index in [0.29, 0.717) is 12.8 Å². The summed E-state index contributed by atoms with van der Waals surface area (Å²) in [4.78, 5) is 23.8. The predicted octanol–water partition coefficient (Wildman–Crippen LogP) is 2.91. The number of nitrogens with two attached hydrogens (primary N) is 1. The van der Waals surface area contributed by atoms with Crippen molar-refractivity contribution in [3.05, 3.63) is 34.3 Å². The average Bonchev–Trinajstić information content (AvgIpc) is 2.46. The molecule has 1 saturated carbocycles. The third-order valence-electron chi connectivity index (χ3n) is 3.98. The monoisotopic (exact) mass is 339 g/mol. The lowest BCUT2D eigenvalue weighted by atomic mass is 9.74. The smallest absolute Gasteiger partial charge is 0.307 e. The summed E-state index contributed by atoms with van der Waals surface area (Å²) in [5.74, 6) is -2.08. The van der Waals surface area contributed by atoms with Crippen molar-refractivity contribution < 1.29 is 14.7 Å². The van der Waals surface area contributed by atoms with E-state index in [1.165, 1.54) is 0 Å². The molecule has 3 unspecified atom stereocenters. The minimum Gasteiger partial charge on any atom is -0.481 e. The first-order valence-corrected chi connectivity index (χ1v) is 7.57. The molecule has 0 spiro atoms. The van der Waals surface area contributed by atoms with Gasteiger partial charge < -0.3 is 10.8 Å². The van der Waals surface area contributed by atoms with Gasteiger partial charge in [-0.25, -0.2) is 0 Å². The summed E-state index contributed by atoms with van der Waals surface area (Å²) in [5, 5.41) is 9.25. The van der Waals surface area contributed by atoms with Crippen LogP contribution in [-0.4, -0.2) is 16.9 Å². The number of ketones is 1. The number of hydrogen-bond acceptors (Lipinski definition) is 3. The van der Waals surface area contributed by atoms with E-state index >= 15 is 0 Å². The van der Waals surface area contributed by atoms with Crippen LogP contribution in [0.3, 0.4) is 0 Å². The average molecular weight is 340 g/mol. The van der Waals surface area contributed by atoms with Crippen molar-refractivity contribution >= 4 is 27.7 Å². The molecule has 0 saturated heterocycles. The van der Waals surface area contributed by atoms with E-state index in [-0.39, 0.29) is 5.78 Å². The predicted molar refractivity (Wildman–Crippen MR) is 79.2 cm³/mol. The molecule has 5 heteroatoms. The van der Waals surface area contributed by atoms with Gasteiger partial charge in [-0.2, -0.15) is 0 Å². The molecule has 1 aliphatic rings. The zero-order valence-corrected chi connectivity index (χ0v) is 12.7. The Morgan fingerprint density at radius 1 is 1.15 bits per heavy atom. The molecule has 1 aromatic carbocycles. The summed E-state index contributed by atoms with van der Waals surface area (Å²) < 4.78 is 0.918. The molecule has 0 bridgehead atoms. The lowest BCUT2D eigenvalue weighted by Gasteiger charge is -2.29. The number of Topliss-reactive ketones (excluding diaryl/α,β-unsaturated/α-hetero) is 1. The van der Waals surface area contributed by atoms with Crippen LogP contribution in [0, 0.1) is 11.8 Å². The molecule has 3 N–H and O–H groups in total. The Bertz CT molecular complexity index is 500. The van der Waals surface area contributed by atoms with Gasteiger partial charge >= 0.3 is 5.97 Å². The molecule has 2 rings (SSSR count).